The molecule has 0 N–H and O–H groups in total. The zero-order valence-corrected chi connectivity index (χ0v) is 33.1. The van der Waals surface area contributed by atoms with Crippen molar-refractivity contribution in [1.29, 1.82) is 0 Å². The van der Waals surface area contributed by atoms with Gasteiger partial charge in [0.1, 0.15) is 10.8 Å². The molecule has 9 rings (SSSR count). The Bertz CT molecular complexity index is 1980. The van der Waals surface area contributed by atoms with Crippen molar-refractivity contribution in [2.75, 3.05) is 26.4 Å². The molecule has 2 heterocycles. The van der Waals surface area contributed by atoms with Crippen molar-refractivity contribution in [3.8, 4) is 23.7 Å². The van der Waals surface area contributed by atoms with Gasteiger partial charge in [0.25, 0.3) is 0 Å². The monoisotopic (exact) mass is 754 g/mol. The summed E-state index contributed by atoms with van der Waals surface area (Å²) in [5.41, 5.74) is 7.42. The average Bonchev–Trinajstić information content (AvgIpc) is 4.11. The van der Waals surface area contributed by atoms with E-state index in [9.17, 15) is 0 Å². The highest BCUT2D eigenvalue weighted by Gasteiger charge is 2.35. The molecule has 0 unspecified atom stereocenters. The number of hydrogen-bond donors (Lipinski definition) is 0. The van der Waals surface area contributed by atoms with Crippen LogP contribution in [-0.2, 0) is 20.3 Å². The Morgan fingerprint density at radius 1 is 0.276 bits per heavy atom. The van der Waals surface area contributed by atoms with Crippen LogP contribution >= 0.6 is 0 Å². The van der Waals surface area contributed by atoms with Gasteiger partial charge in [-0.05, 0) is 83.3 Å². The highest BCUT2D eigenvalue weighted by molar-refractivity contribution is 5.61. The van der Waals surface area contributed by atoms with E-state index < -0.39 is 10.8 Å². The number of ether oxygens (including phenoxy) is 2. The van der Waals surface area contributed by atoms with Crippen LogP contribution in [-0.4, -0.2) is 26.4 Å². The SMILES string of the molecule is C(#CC(c1ccccc1)(c1ccccc1)c1ccccc1)c1ccc(C#CC(c2ccccc2)(c2ccccc2)c2ccccc2)cc1.C1CCOC1.C1CCOC1. The maximum Gasteiger partial charge on any atom is 0.107 e. The lowest BCUT2D eigenvalue weighted by molar-refractivity contribution is 0.198. The van der Waals surface area contributed by atoms with Gasteiger partial charge >= 0.3 is 0 Å². The first kappa shape index (κ1) is 39.8. The molecule has 2 aliphatic rings. The van der Waals surface area contributed by atoms with Gasteiger partial charge in [0.15, 0.2) is 0 Å². The van der Waals surface area contributed by atoms with Crippen molar-refractivity contribution < 1.29 is 9.47 Å². The minimum Gasteiger partial charge on any atom is -0.381 e. The molecule has 2 saturated heterocycles. The first-order valence-electron chi connectivity index (χ1n) is 20.4. The number of hydrogen-bond acceptors (Lipinski definition) is 2. The molecule has 0 aliphatic carbocycles. The maximum atomic E-state index is 4.94. The third kappa shape index (κ3) is 9.74. The van der Waals surface area contributed by atoms with Gasteiger partial charge < -0.3 is 9.47 Å². The van der Waals surface area contributed by atoms with Crippen molar-refractivity contribution in [3.63, 3.8) is 0 Å². The Hall–Kier alpha value is -6.42. The van der Waals surface area contributed by atoms with Crippen LogP contribution in [0.5, 0.6) is 0 Å². The van der Waals surface area contributed by atoms with Crippen molar-refractivity contribution >= 4 is 0 Å². The van der Waals surface area contributed by atoms with E-state index in [0.717, 1.165) is 70.9 Å². The summed E-state index contributed by atoms with van der Waals surface area (Å²) in [6.07, 6.45) is 5.11. The molecule has 58 heavy (non-hydrogen) atoms. The molecule has 2 heteroatoms. The van der Waals surface area contributed by atoms with Gasteiger partial charge in [0.2, 0.25) is 0 Å². The van der Waals surface area contributed by atoms with Crippen LogP contribution in [0.4, 0.5) is 0 Å². The van der Waals surface area contributed by atoms with Crippen LogP contribution in [0, 0.1) is 23.7 Å². The lowest BCUT2D eigenvalue weighted by atomic mass is 9.70. The Labute approximate surface area is 345 Å². The Morgan fingerprint density at radius 2 is 0.483 bits per heavy atom. The maximum absolute atomic E-state index is 4.94. The second-order valence-electron chi connectivity index (χ2n) is 14.4. The molecule has 0 amide bonds. The molecule has 0 bridgehead atoms. The first-order valence-corrected chi connectivity index (χ1v) is 20.4. The summed E-state index contributed by atoms with van der Waals surface area (Å²) in [6, 6.07) is 71.8. The zero-order chi connectivity index (χ0) is 39.6. The Balaban J connectivity index is 0.000000447. The lowest BCUT2D eigenvalue weighted by Gasteiger charge is -2.31. The molecule has 7 aromatic carbocycles. The predicted octanol–water partition coefficient (Wildman–Crippen LogP) is 12.1. The van der Waals surface area contributed by atoms with Crippen molar-refractivity contribution in [2.24, 2.45) is 0 Å². The van der Waals surface area contributed by atoms with Crippen molar-refractivity contribution in [3.05, 3.63) is 251 Å². The molecule has 0 saturated carbocycles. The number of rotatable bonds is 6. The van der Waals surface area contributed by atoms with Gasteiger partial charge in [-0.25, -0.2) is 0 Å². The minimum absolute atomic E-state index is 0.636. The lowest BCUT2D eigenvalue weighted by Crippen LogP contribution is -2.27. The third-order valence-electron chi connectivity index (χ3n) is 10.6. The van der Waals surface area contributed by atoms with Crippen molar-refractivity contribution in [1.82, 2.24) is 0 Å². The summed E-state index contributed by atoms with van der Waals surface area (Å²) in [6.45, 7) is 4.00. The van der Waals surface area contributed by atoms with Crippen LogP contribution < -0.4 is 0 Å². The molecular weight excluding hydrogens is 705 g/mol. The fourth-order valence-electron chi connectivity index (χ4n) is 7.55. The molecule has 2 nitrogen and oxygen atoms in total. The highest BCUT2D eigenvalue weighted by Crippen LogP contribution is 2.40. The molecule has 0 atom stereocenters. The van der Waals surface area contributed by atoms with Crippen molar-refractivity contribution in [2.45, 2.75) is 36.5 Å². The average molecular weight is 755 g/mol. The van der Waals surface area contributed by atoms with E-state index in [-0.39, 0.29) is 0 Å². The molecule has 0 spiro atoms. The van der Waals surface area contributed by atoms with Crippen LogP contribution in [0.15, 0.2) is 206 Å². The fraction of sp³-hybridized carbons (Fsp3) is 0.179. The van der Waals surface area contributed by atoms with Gasteiger partial charge in [0.05, 0.1) is 0 Å². The number of benzene rings is 7. The topological polar surface area (TPSA) is 18.5 Å². The summed E-state index contributed by atoms with van der Waals surface area (Å²) in [4.78, 5) is 0. The normalized spacial score (nSPS) is 13.2. The Morgan fingerprint density at radius 3 is 0.655 bits per heavy atom. The summed E-state index contributed by atoms with van der Waals surface area (Å²) < 4.78 is 9.89. The fourth-order valence-corrected chi connectivity index (χ4v) is 7.55. The molecule has 2 aliphatic heterocycles. The molecule has 2 fully saturated rings. The van der Waals surface area contributed by atoms with E-state index in [0.29, 0.717) is 0 Å². The molecule has 0 radical (unpaired) electrons. The van der Waals surface area contributed by atoms with E-state index in [2.05, 4.69) is 230 Å². The highest BCUT2D eigenvalue weighted by atomic mass is 16.5. The van der Waals surface area contributed by atoms with E-state index >= 15 is 0 Å². The second-order valence-corrected chi connectivity index (χ2v) is 14.4. The predicted molar refractivity (Wildman–Crippen MR) is 239 cm³/mol. The van der Waals surface area contributed by atoms with E-state index in [1.165, 1.54) is 25.7 Å². The Kier molecular flexibility index (Phi) is 14.2. The molecule has 7 aromatic rings. The molecular formula is C56H50O2. The van der Waals surface area contributed by atoms with Gasteiger partial charge in [-0.3, -0.25) is 0 Å². The third-order valence-corrected chi connectivity index (χ3v) is 10.6. The van der Waals surface area contributed by atoms with E-state index in [1.807, 2.05) is 0 Å². The van der Waals surface area contributed by atoms with Crippen LogP contribution in [0.1, 0.15) is 70.2 Å². The summed E-state index contributed by atoms with van der Waals surface area (Å²) in [5.74, 6) is 14.6. The van der Waals surface area contributed by atoms with E-state index in [1.54, 1.807) is 0 Å². The molecule has 0 aromatic heterocycles. The van der Waals surface area contributed by atoms with E-state index in [4.69, 9.17) is 9.47 Å². The van der Waals surface area contributed by atoms with Crippen LogP contribution in [0.3, 0.4) is 0 Å². The quantitative estimate of drug-likeness (QED) is 0.124. The summed E-state index contributed by atoms with van der Waals surface area (Å²) in [5, 5.41) is 0. The smallest absolute Gasteiger partial charge is 0.107 e. The second kappa shape index (κ2) is 20.7. The van der Waals surface area contributed by atoms with Gasteiger partial charge in [0, 0.05) is 37.6 Å². The van der Waals surface area contributed by atoms with Crippen LogP contribution in [0.2, 0.25) is 0 Å². The largest absolute Gasteiger partial charge is 0.381 e. The molecule has 286 valence electrons. The van der Waals surface area contributed by atoms with Gasteiger partial charge in [-0.1, -0.05) is 206 Å². The summed E-state index contributed by atoms with van der Waals surface area (Å²) >= 11 is 0. The minimum atomic E-state index is -0.636. The van der Waals surface area contributed by atoms with Crippen LogP contribution in [0.25, 0.3) is 0 Å². The van der Waals surface area contributed by atoms with Gasteiger partial charge in [-0.15, -0.1) is 0 Å². The standard InChI is InChI=1S/C48H34.2C4H8O/c1-7-19-41(20-8-1)47(42-21-9-2-10-22-42,43-23-11-3-12-24-43)37-35-39-31-33-40(34-32-39)36-38-48(44-25-13-4-14-26-44,45-27-15-5-16-28-45)46-29-17-6-18-30-46;2*1-2-4-5-3-1/h1-34H;2*1-4H2. The summed E-state index contributed by atoms with van der Waals surface area (Å²) in [7, 11) is 0. The zero-order valence-electron chi connectivity index (χ0n) is 33.1. The van der Waals surface area contributed by atoms with Gasteiger partial charge in [-0.2, -0.15) is 0 Å². The first-order chi connectivity index (χ1) is 28.8.